The van der Waals surface area contributed by atoms with Gasteiger partial charge in [0.25, 0.3) is 5.91 Å². The lowest BCUT2D eigenvalue weighted by atomic mass is 10.1. The first-order valence-electron chi connectivity index (χ1n) is 9.38. The Morgan fingerprint density at radius 3 is 2.50 bits per heavy atom. The van der Waals surface area contributed by atoms with Crippen LogP contribution in [0.25, 0.3) is 0 Å². The van der Waals surface area contributed by atoms with Gasteiger partial charge in [-0.05, 0) is 31.5 Å². The Labute approximate surface area is 166 Å². The van der Waals surface area contributed by atoms with E-state index in [0.717, 1.165) is 12.8 Å². The van der Waals surface area contributed by atoms with Crippen molar-refractivity contribution in [2.45, 2.75) is 32.7 Å². The van der Waals surface area contributed by atoms with Crippen LogP contribution in [0.5, 0.6) is 11.5 Å². The van der Waals surface area contributed by atoms with Crippen molar-refractivity contribution < 1.29 is 27.5 Å². The molecule has 1 unspecified atom stereocenters. The molecule has 0 bridgehead atoms. The maximum atomic E-state index is 12.5. The highest BCUT2D eigenvalue weighted by Crippen LogP contribution is 2.28. The number of carbonyl (C=O) groups is 2. The summed E-state index contributed by atoms with van der Waals surface area (Å²) in [5, 5.41) is 2.66. The van der Waals surface area contributed by atoms with E-state index in [0.29, 0.717) is 23.7 Å². The first-order chi connectivity index (χ1) is 13.3. The van der Waals surface area contributed by atoms with Crippen LogP contribution in [-0.4, -0.2) is 69.5 Å². The van der Waals surface area contributed by atoms with Crippen LogP contribution >= 0.6 is 0 Å². The highest BCUT2D eigenvalue weighted by Gasteiger charge is 2.28. The molecule has 1 atom stereocenters. The van der Waals surface area contributed by atoms with E-state index in [1.54, 1.807) is 25.1 Å². The first-order valence-corrected chi connectivity index (χ1v) is 11.2. The van der Waals surface area contributed by atoms with Crippen molar-refractivity contribution in [3.05, 3.63) is 23.8 Å². The molecule has 0 radical (unpaired) electrons. The molecule has 1 aromatic rings. The van der Waals surface area contributed by atoms with Crippen molar-refractivity contribution in [3.63, 3.8) is 0 Å². The number of ether oxygens (including phenoxy) is 2. The molecule has 0 spiro atoms. The van der Waals surface area contributed by atoms with Gasteiger partial charge in [-0.25, -0.2) is 8.42 Å². The number of hydrogen-bond donors (Lipinski definition) is 1. The monoisotopic (exact) mass is 412 g/mol. The third-order valence-corrected chi connectivity index (χ3v) is 6.16. The molecule has 0 saturated carbocycles. The number of nitrogens with zero attached hydrogens (tertiary/aromatic N) is 1. The lowest BCUT2D eigenvalue weighted by molar-refractivity contribution is -0.132. The average Bonchev–Trinajstić information content (AvgIpc) is 2.67. The molecule has 1 N–H and O–H groups in total. The number of unbranched alkanes of at least 4 members (excludes halogenated alkanes) is 1. The van der Waals surface area contributed by atoms with Crippen molar-refractivity contribution in [3.8, 4) is 11.5 Å². The Morgan fingerprint density at radius 1 is 1.21 bits per heavy atom. The van der Waals surface area contributed by atoms with E-state index < -0.39 is 21.8 Å². The summed E-state index contributed by atoms with van der Waals surface area (Å²) in [6.07, 6.45) is 1.93. The lowest BCUT2D eigenvalue weighted by Gasteiger charge is -2.29. The quantitative estimate of drug-likeness (QED) is 0.645. The molecule has 28 heavy (non-hydrogen) atoms. The summed E-state index contributed by atoms with van der Waals surface area (Å²) in [5.41, 5.74) is 0.348. The zero-order valence-electron chi connectivity index (χ0n) is 16.6. The fraction of sp³-hybridized carbons (Fsp3) is 0.579. The summed E-state index contributed by atoms with van der Waals surface area (Å²) in [6, 6.07) is 4.09. The van der Waals surface area contributed by atoms with E-state index in [1.165, 1.54) is 12.0 Å². The Morgan fingerprint density at radius 2 is 1.89 bits per heavy atom. The minimum atomic E-state index is -3.07. The van der Waals surface area contributed by atoms with Gasteiger partial charge < -0.3 is 19.7 Å². The van der Waals surface area contributed by atoms with E-state index in [4.69, 9.17) is 9.47 Å². The Balaban J connectivity index is 1.98. The van der Waals surface area contributed by atoms with E-state index in [2.05, 4.69) is 12.2 Å². The molecule has 1 saturated heterocycles. The predicted molar refractivity (Wildman–Crippen MR) is 106 cm³/mol. The molecule has 2 rings (SSSR count). The molecule has 1 heterocycles. The van der Waals surface area contributed by atoms with Gasteiger partial charge in [-0.2, -0.15) is 0 Å². The summed E-state index contributed by atoms with van der Waals surface area (Å²) in [7, 11) is -1.57. The minimum Gasteiger partial charge on any atom is -0.493 e. The molecule has 2 amide bonds. The van der Waals surface area contributed by atoms with Crippen molar-refractivity contribution in [2.75, 3.05) is 38.3 Å². The smallest absolute Gasteiger partial charge is 0.252 e. The normalized spacial score (nSPS) is 16.9. The molecule has 0 aromatic heterocycles. The zero-order valence-corrected chi connectivity index (χ0v) is 17.4. The maximum absolute atomic E-state index is 12.5. The van der Waals surface area contributed by atoms with E-state index >= 15 is 0 Å². The highest BCUT2D eigenvalue weighted by atomic mass is 32.2. The number of nitrogens with one attached hydrogen (secondary N) is 1. The second-order valence-electron chi connectivity index (χ2n) is 6.74. The molecule has 1 aliphatic rings. The zero-order chi connectivity index (χ0) is 20.7. The van der Waals surface area contributed by atoms with Crippen LogP contribution in [0, 0.1) is 0 Å². The fourth-order valence-corrected chi connectivity index (χ4v) is 4.00. The van der Waals surface area contributed by atoms with Gasteiger partial charge >= 0.3 is 0 Å². The average molecular weight is 413 g/mol. The number of sulfone groups is 1. The summed E-state index contributed by atoms with van der Waals surface area (Å²) < 4.78 is 33.9. The topological polar surface area (TPSA) is 102 Å². The lowest BCUT2D eigenvalue weighted by Crippen LogP contribution is -2.51. The molecule has 9 heteroatoms. The molecule has 156 valence electrons. The van der Waals surface area contributed by atoms with Crippen LogP contribution in [-0.2, 0) is 14.6 Å². The second kappa shape index (κ2) is 9.77. The molecule has 1 aliphatic heterocycles. The van der Waals surface area contributed by atoms with Gasteiger partial charge in [-0.1, -0.05) is 13.3 Å². The van der Waals surface area contributed by atoms with E-state index in [9.17, 15) is 18.0 Å². The van der Waals surface area contributed by atoms with Gasteiger partial charge in [0.05, 0.1) is 25.2 Å². The summed E-state index contributed by atoms with van der Waals surface area (Å²) in [6.45, 7) is 4.52. The number of rotatable bonds is 8. The number of carbonyl (C=O) groups excluding carboxylic acids is 2. The summed E-state index contributed by atoms with van der Waals surface area (Å²) in [4.78, 5) is 26.5. The Kier molecular flexibility index (Phi) is 7.68. The molecule has 1 fully saturated rings. The Bertz CT molecular complexity index is 795. The van der Waals surface area contributed by atoms with Crippen LogP contribution in [0.2, 0.25) is 0 Å². The largest absolute Gasteiger partial charge is 0.493 e. The van der Waals surface area contributed by atoms with Gasteiger partial charge in [-0.15, -0.1) is 0 Å². The van der Waals surface area contributed by atoms with Crippen LogP contribution in [0.3, 0.4) is 0 Å². The molecular formula is C19H28N2O6S. The number of hydrogen-bond acceptors (Lipinski definition) is 6. The molecule has 1 aromatic carbocycles. The SMILES string of the molecule is CCCCOc1ccc(C(=O)NC(C)C(=O)N2CCS(=O)(=O)CC2)cc1OC. The second-order valence-corrected chi connectivity index (χ2v) is 9.04. The first kappa shape index (κ1) is 22.0. The van der Waals surface area contributed by atoms with Crippen molar-refractivity contribution >= 4 is 21.7 Å². The van der Waals surface area contributed by atoms with Gasteiger partial charge in [0.1, 0.15) is 6.04 Å². The number of methoxy groups -OCH3 is 1. The fourth-order valence-electron chi connectivity index (χ4n) is 2.80. The van der Waals surface area contributed by atoms with Gasteiger partial charge in [-0.3, -0.25) is 9.59 Å². The summed E-state index contributed by atoms with van der Waals surface area (Å²) in [5.74, 6) is 0.209. The van der Waals surface area contributed by atoms with Crippen LogP contribution in [0.4, 0.5) is 0 Å². The van der Waals surface area contributed by atoms with Crippen LogP contribution in [0.15, 0.2) is 18.2 Å². The maximum Gasteiger partial charge on any atom is 0.252 e. The number of benzene rings is 1. The molecular weight excluding hydrogens is 384 g/mol. The third kappa shape index (κ3) is 5.85. The van der Waals surface area contributed by atoms with Crippen LogP contribution < -0.4 is 14.8 Å². The third-order valence-electron chi connectivity index (χ3n) is 4.56. The summed E-state index contributed by atoms with van der Waals surface area (Å²) >= 11 is 0. The van der Waals surface area contributed by atoms with Crippen molar-refractivity contribution in [2.24, 2.45) is 0 Å². The van der Waals surface area contributed by atoms with Crippen molar-refractivity contribution in [1.82, 2.24) is 10.2 Å². The highest BCUT2D eigenvalue weighted by molar-refractivity contribution is 7.91. The van der Waals surface area contributed by atoms with Crippen molar-refractivity contribution in [1.29, 1.82) is 0 Å². The molecule has 8 nitrogen and oxygen atoms in total. The number of amides is 2. The van der Waals surface area contributed by atoms with Crippen LogP contribution in [0.1, 0.15) is 37.0 Å². The van der Waals surface area contributed by atoms with E-state index in [1.807, 2.05) is 0 Å². The van der Waals surface area contributed by atoms with Gasteiger partial charge in [0.2, 0.25) is 5.91 Å². The Hall–Kier alpha value is -2.29. The standard InChI is InChI=1S/C19H28N2O6S/c1-4-5-10-27-16-7-6-15(13-17(16)26-3)18(22)20-14(2)19(23)21-8-11-28(24,25)12-9-21/h6-7,13-14H,4-5,8-12H2,1-3H3,(H,20,22). The molecule has 0 aliphatic carbocycles. The van der Waals surface area contributed by atoms with E-state index in [-0.39, 0.29) is 30.5 Å². The predicted octanol–water partition coefficient (Wildman–Crippen LogP) is 1.25. The van der Waals surface area contributed by atoms with Gasteiger partial charge in [0, 0.05) is 18.7 Å². The van der Waals surface area contributed by atoms with Gasteiger partial charge in [0.15, 0.2) is 21.3 Å². The minimum absolute atomic E-state index is 0.0455.